The largest absolute Gasteiger partial charge is 0.414 e. The van der Waals surface area contributed by atoms with Gasteiger partial charge in [-0.1, -0.05) is 94.2 Å². The maximum Gasteiger partial charge on any atom is 0.335 e. The van der Waals surface area contributed by atoms with Crippen molar-refractivity contribution >= 4 is 52.0 Å². The number of aromatic nitrogens is 4. The molecule has 0 spiro atoms. The van der Waals surface area contributed by atoms with E-state index in [0.717, 1.165) is 12.8 Å². The number of carbonyl (C=O) groups excluding carboxylic acids is 3. The van der Waals surface area contributed by atoms with E-state index in [2.05, 4.69) is 75.7 Å². The fourth-order valence-corrected chi connectivity index (χ4v) is 19.6. The van der Waals surface area contributed by atoms with Gasteiger partial charge in [-0.3, -0.25) is 38.9 Å². The van der Waals surface area contributed by atoms with Crippen LogP contribution in [0.5, 0.6) is 0 Å². The van der Waals surface area contributed by atoms with Crippen LogP contribution in [-0.4, -0.2) is 97.3 Å². The van der Waals surface area contributed by atoms with Gasteiger partial charge in [-0.15, -0.1) is 0 Å². The summed E-state index contributed by atoms with van der Waals surface area (Å²) in [5.74, 6) is -1.09. The molecule has 6 rings (SSSR count). The van der Waals surface area contributed by atoms with E-state index in [4.69, 9.17) is 22.4 Å². The summed E-state index contributed by atoms with van der Waals surface area (Å²) >= 11 is 0. The number of unbranched alkanes of at least 4 members (excludes halogenated alkanes) is 3. The van der Waals surface area contributed by atoms with Crippen LogP contribution in [-0.2, 0) is 27.2 Å². The molecule has 2 N–H and O–H groups in total. The highest BCUT2D eigenvalue weighted by Gasteiger charge is 2.62. The Hall–Kier alpha value is -3.59. The second-order valence-electron chi connectivity index (χ2n) is 17.1. The lowest BCUT2D eigenvalue weighted by atomic mass is 10.1. The third-order valence-corrected chi connectivity index (χ3v) is 21.8. The third-order valence-electron chi connectivity index (χ3n) is 11.6. The molecular formula is C40H60N6O9Si2. The molecule has 17 heteroatoms. The molecule has 3 aliphatic rings. The first-order chi connectivity index (χ1) is 27.0. The predicted octanol–water partition coefficient (Wildman–Crippen LogP) is 6.81. The monoisotopic (exact) mass is 824 g/mol. The lowest BCUT2D eigenvalue weighted by Gasteiger charge is -2.51. The Morgan fingerprint density at radius 3 is 2.11 bits per heavy atom. The molecule has 0 bridgehead atoms. The van der Waals surface area contributed by atoms with Crippen molar-refractivity contribution in [3.8, 4) is 0 Å². The highest BCUT2D eigenvalue weighted by Crippen LogP contribution is 2.49. The zero-order valence-electron chi connectivity index (χ0n) is 35.0. The summed E-state index contributed by atoms with van der Waals surface area (Å²) in [5.41, 5.74) is 1.21. The minimum absolute atomic E-state index is 0.0133. The molecule has 57 heavy (non-hydrogen) atoms. The first-order valence-corrected chi connectivity index (χ1v) is 24.5. The van der Waals surface area contributed by atoms with E-state index < -0.39 is 47.2 Å². The number of nitrogens with one attached hydrogen (secondary N) is 2. The Kier molecular flexibility index (Phi) is 13.1. The minimum Gasteiger partial charge on any atom is -0.414 e. The molecule has 3 aromatic rings. The second kappa shape index (κ2) is 17.3. The van der Waals surface area contributed by atoms with Gasteiger partial charge >= 0.3 is 17.1 Å². The molecule has 3 amide bonds. The van der Waals surface area contributed by atoms with Crippen LogP contribution in [0.15, 0.2) is 35.4 Å². The molecule has 312 valence electrons. The number of carbonyl (C=O) groups is 3. The Morgan fingerprint density at radius 2 is 1.51 bits per heavy atom. The Labute approximate surface area is 337 Å². The molecule has 4 atom stereocenters. The summed E-state index contributed by atoms with van der Waals surface area (Å²) in [4.78, 5) is 64.5. The fraction of sp³-hybridized carbons (Fsp3) is 0.650. The summed E-state index contributed by atoms with van der Waals surface area (Å²) in [7, 11) is -5.93. The van der Waals surface area contributed by atoms with E-state index >= 15 is 0 Å². The van der Waals surface area contributed by atoms with Crippen LogP contribution in [0.25, 0.3) is 11.2 Å². The summed E-state index contributed by atoms with van der Waals surface area (Å²) in [6, 6.07) is 6.93. The van der Waals surface area contributed by atoms with Crippen LogP contribution in [0.3, 0.4) is 0 Å². The van der Waals surface area contributed by atoms with Crippen molar-refractivity contribution in [3.63, 3.8) is 0 Å². The van der Waals surface area contributed by atoms with Crippen molar-refractivity contribution in [2.75, 3.05) is 25.1 Å². The van der Waals surface area contributed by atoms with Gasteiger partial charge in [-0.05, 0) is 47.1 Å². The van der Waals surface area contributed by atoms with Gasteiger partial charge in [-0.2, -0.15) is 4.98 Å². The van der Waals surface area contributed by atoms with Crippen LogP contribution < -0.4 is 10.9 Å². The molecule has 2 saturated heterocycles. The minimum atomic E-state index is -3.06. The molecule has 15 nitrogen and oxygen atoms in total. The number of imide groups is 1. The highest BCUT2D eigenvalue weighted by atomic mass is 28.5. The maximum atomic E-state index is 13.2. The van der Waals surface area contributed by atoms with E-state index in [0.29, 0.717) is 37.1 Å². The summed E-state index contributed by atoms with van der Waals surface area (Å²) < 4.78 is 37.3. The van der Waals surface area contributed by atoms with Gasteiger partial charge in [0.25, 0.3) is 17.4 Å². The maximum absolute atomic E-state index is 13.2. The van der Waals surface area contributed by atoms with Gasteiger partial charge in [-0.25, -0.2) is 4.98 Å². The number of hydrogen-bond acceptors (Lipinski definition) is 11. The van der Waals surface area contributed by atoms with Crippen LogP contribution >= 0.6 is 0 Å². The Balaban J connectivity index is 1.26. The molecule has 2 aromatic heterocycles. The van der Waals surface area contributed by atoms with Crippen molar-refractivity contribution in [1.29, 1.82) is 0 Å². The smallest absolute Gasteiger partial charge is 0.335 e. The first kappa shape index (κ1) is 43.0. The van der Waals surface area contributed by atoms with Gasteiger partial charge in [0, 0.05) is 19.1 Å². The zero-order chi connectivity index (χ0) is 41.4. The van der Waals surface area contributed by atoms with Gasteiger partial charge in [0.05, 0.1) is 24.1 Å². The summed E-state index contributed by atoms with van der Waals surface area (Å²) in [6.45, 7) is 21.8. The number of imidazole rings is 1. The van der Waals surface area contributed by atoms with Crippen molar-refractivity contribution in [2.45, 2.75) is 142 Å². The average Bonchev–Trinajstić information content (AvgIpc) is 3.79. The van der Waals surface area contributed by atoms with Gasteiger partial charge in [0.15, 0.2) is 17.4 Å². The molecule has 3 aliphatic heterocycles. The van der Waals surface area contributed by atoms with E-state index in [9.17, 15) is 19.2 Å². The Bertz CT molecular complexity index is 1950. The molecule has 2 fully saturated rings. The first-order valence-electron chi connectivity index (χ1n) is 20.5. The highest BCUT2D eigenvalue weighted by molar-refractivity contribution is 6.84. The van der Waals surface area contributed by atoms with Gasteiger partial charge < -0.3 is 22.4 Å². The fourth-order valence-electron chi connectivity index (χ4n) is 8.34. The van der Waals surface area contributed by atoms with Crippen molar-refractivity contribution in [1.82, 2.24) is 24.4 Å². The third kappa shape index (κ3) is 8.21. The SMILES string of the molecule is CC(C)C(=O)Nc1nc2c(ncn2C2OC3CO[Si](C(C)C)(C(C)C)O[Si](C(C)C)(C(C)C)OC3C2OCCCCCCN2C(=O)c3ccccc3C2=O)c(=O)[nH]1. The number of fused-ring (bicyclic) bond motifs is 3. The molecule has 0 saturated carbocycles. The number of H-pyrrole nitrogens is 1. The molecule has 4 unspecified atom stereocenters. The normalized spacial score (nSPS) is 23.2. The van der Waals surface area contributed by atoms with Crippen LogP contribution in [0, 0.1) is 5.92 Å². The molecule has 1 aromatic carbocycles. The van der Waals surface area contributed by atoms with E-state index in [1.807, 2.05) is 0 Å². The molecule has 0 aliphatic carbocycles. The van der Waals surface area contributed by atoms with Crippen LogP contribution in [0.1, 0.15) is 122 Å². The van der Waals surface area contributed by atoms with Crippen LogP contribution in [0.2, 0.25) is 22.2 Å². The number of hydrogen-bond donors (Lipinski definition) is 2. The van der Waals surface area contributed by atoms with E-state index in [1.54, 1.807) is 42.7 Å². The van der Waals surface area contributed by atoms with Crippen molar-refractivity contribution < 1.29 is 36.8 Å². The quantitative estimate of drug-likeness (QED) is 0.0936. The van der Waals surface area contributed by atoms with Crippen molar-refractivity contribution in [2.24, 2.45) is 5.92 Å². The molecular weight excluding hydrogens is 765 g/mol. The standard InChI is InChI=1S/C40H60N6O9Si2/c1-23(2)35(47)43-40-42-34-31(36(48)44-40)41-22-46(34)39-33(51-20-16-12-11-15-19-45-37(49)28-17-13-14-18-29(28)38(45)50)32-30(53-39)21-52-56(24(3)4,25(5)6)55-57(54-32,26(7)8)27(9)10/h13-14,17-18,22-27,30,32-33,39H,11-12,15-16,19-21H2,1-10H3,(H2,42,43,44,47,48). The number of nitrogens with zero attached hydrogens (tertiary/aromatic N) is 4. The van der Waals surface area contributed by atoms with E-state index in [-0.39, 0.29) is 69.5 Å². The van der Waals surface area contributed by atoms with Gasteiger partial charge in [0.2, 0.25) is 11.9 Å². The lowest BCUT2D eigenvalue weighted by Crippen LogP contribution is -2.66. The lowest BCUT2D eigenvalue weighted by molar-refractivity contribution is -0.118. The number of aromatic amines is 1. The Morgan fingerprint density at radius 1 is 0.895 bits per heavy atom. The number of rotatable bonds is 15. The molecule has 0 radical (unpaired) electrons. The number of ether oxygens (including phenoxy) is 2. The number of anilines is 1. The second-order valence-corrected chi connectivity index (χ2v) is 25.9. The number of benzene rings is 1. The average molecular weight is 825 g/mol. The summed E-state index contributed by atoms with van der Waals surface area (Å²) in [5, 5.41) is 2.70. The predicted molar refractivity (Wildman–Crippen MR) is 219 cm³/mol. The number of amides is 3. The van der Waals surface area contributed by atoms with Crippen molar-refractivity contribution in [3.05, 3.63) is 52.1 Å². The van der Waals surface area contributed by atoms with Gasteiger partial charge in [0.1, 0.15) is 18.3 Å². The topological polar surface area (TPSA) is 176 Å². The zero-order valence-corrected chi connectivity index (χ0v) is 37.0. The molecule has 5 heterocycles. The van der Waals surface area contributed by atoms with Crippen LogP contribution in [0.4, 0.5) is 5.95 Å². The summed E-state index contributed by atoms with van der Waals surface area (Å²) in [6.07, 6.45) is 1.93. The van der Waals surface area contributed by atoms with E-state index in [1.165, 1.54) is 11.2 Å².